The summed E-state index contributed by atoms with van der Waals surface area (Å²) in [5, 5.41) is 20.1. The lowest BCUT2D eigenvalue weighted by Crippen LogP contribution is -2.27. The molecule has 0 aromatic rings. The van der Waals surface area contributed by atoms with Crippen LogP contribution in [-0.4, -0.2) is 61.1 Å². The third-order valence-corrected chi connectivity index (χ3v) is 1.40. The van der Waals surface area contributed by atoms with Crippen LogP contribution < -0.4 is 5.32 Å². The highest BCUT2D eigenvalue weighted by Crippen LogP contribution is 1.81. The molecule has 94 valence electrons. The molecule has 4 nitrogen and oxygen atoms in total. The summed E-state index contributed by atoms with van der Waals surface area (Å²) in [6.45, 7) is 8.03. The molecule has 0 fully saturated rings. The summed E-state index contributed by atoms with van der Waals surface area (Å²) in [4.78, 5) is 2.16. The molecule has 0 rings (SSSR count). The smallest absolute Gasteiger partial charge is 0.0636 e. The van der Waals surface area contributed by atoms with Gasteiger partial charge in [0.05, 0.1) is 6.10 Å². The van der Waals surface area contributed by atoms with E-state index in [9.17, 15) is 0 Å². The predicted molar refractivity (Wildman–Crippen MR) is 65.1 cm³/mol. The summed E-state index contributed by atoms with van der Waals surface area (Å²) in [5.41, 5.74) is 0. The van der Waals surface area contributed by atoms with E-state index in [1.54, 1.807) is 20.8 Å². The van der Waals surface area contributed by atoms with Crippen LogP contribution in [0.3, 0.4) is 0 Å². The molecule has 0 saturated heterocycles. The normalized spacial score (nSPS) is 12.6. The first-order valence-electron chi connectivity index (χ1n) is 5.57. The van der Waals surface area contributed by atoms with E-state index in [4.69, 9.17) is 10.2 Å². The molecule has 0 aliphatic rings. The molecule has 4 heteroatoms. The van der Waals surface area contributed by atoms with Gasteiger partial charge in [-0.05, 0) is 54.4 Å². The zero-order valence-corrected chi connectivity index (χ0v) is 10.8. The summed E-state index contributed by atoms with van der Waals surface area (Å²) >= 11 is 0. The van der Waals surface area contributed by atoms with Crippen molar-refractivity contribution in [3.05, 3.63) is 0 Å². The maximum Gasteiger partial charge on any atom is 0.0636 e. The van der Waals surface area contributed by atoms with E-state index in [1.165, 1.54) is 0 Å². The summed E-state index contributed by atoms with van der Waals surface area (Å²) in [6, 6.07) is 0. The van der Waals surface area contributed by atoms with E-state index < -0.39 is 0 Å². The Labute approximate surface area is 94.3 Å². The van der Waals surface area contributed by atoms with Crippen molar-refractivity contribution >= 4 is 0 Å². The molecule has 0 aliphatic carbocycles. The fourth-order valence-corrected chi connectivity index (χ4v) is 0.831. The van der Waals surface area contributed by atoms with Crippen LogP contribution in [0, 0.1) is 0 Å². The van der Waals surface area contributed by atoms with Gasteiger partial charge in [0.25, 0.3) is 0 Å². The van der Waals surface area contributed by atoms with E-state index in [2.05, 4.69) is 24.3 Å². The number of hydrogen-bond acceptors (Lipinski definition) is 4. The van der Waals surface area contributed by atoms with Gasteiger partial charge in [-0.25, -0.2) is 0 Å². The molecule has 0 radical (unpaired) electrons. The molecule has 1 unspecified atom stereocenters. The van der Waals surface area contributed by atoms with Crippen LogP contribution in [0.1, 0.15) is 27.2 Å². The Morgan fingerprint density at radius 2 is 1.60 bits per heavy atom. The minimum absolute atomic E-state index is 0.167. The second-order valence-electron chi connectivity index (χ2n) is 4.30. The van der Waals surface area contributed by atoms with Crippen molar-refractivity contribution in [3.63, 3.8) is 0 Å². The first-order valence-corrected chi connectivity index (χ1v) is 5.57. The maximum atomic E-state index is 8.89. The third kappa shape index (κ3) is 31.6. The quantitative estimate of drug-likeness (QED) is 0.563. The first kappa shape index (κ1) is 17.2. The number of aliphatic hydroxyl groups is 2. The maximum absolute atomic E-state index is 8.89. The summed E-state index contributed by atoms with van der Waals surface area (Å²) in [6.07, 6.45) is 0.744. The fraction of sp³-hybridized carbons (Fsp3) is 1.00. The largest absolute Gasteiger partial charge is 0.394 e. The van der Waals surface area contributed by atoms with Gasteiger partial charge in [0, 0.05) is 12.6 Å². The van der Waals surface area contributed by atoms with Crippen LogP contribution in [0.25, 0.3) is 0 Å². The minimum Gasteiger partial charge on any atom is -0.394 e. The zero-order valence-electron chi connectivity index (χ0n) is 10.8. The van der Waals surface area contributed by atoms with Gasteiger partial charge in [-0.1, -0.05) is 0 Å². The van der Waals surface area contributed by atoms with Crippen molar-refractivity contribution in [1.82, 2.24) is 10.2 Å². The van der Waals surface area contributed by atoms with Crippen molar-refractivity contribution in [2.45, 2.75) is 39.4 Å². The molecule has 0 spiro atoms. The average molecular weight is 220 g/mol. The molecular formula is C11H28N2O2. The van der Waals surface area contributed by atoms with Crippen LogP contribution in [0.2, 0.25) is 0 Å². The van der Waals surface area contributed by atoms with E-state index in [-0.39, 0.29) is 12.2 Å². The number of aliphatic hydroxyl groups excluding tert-OH is 2. The predicted octanol–water partition coefficient (Wildman–Crippen LogP) is 0.296. The molecule has 0 bridgehead atoms. The second kappa shape index (κ2) is 11.9. The summed E-state index contributed by atoms with van der Waals surface area (Å²) in [5.74, 6) is 0. The van der Waals surface area contributed by atoms with Crippen molar-refractivity contribution in [2.75, 3.05) is 33.7 Å². The Hall–Kier alpha value is -0.160. The van der Waals surface area contributed by atoms with E-state index in [1.807, 2.05) is 0 Å². The van der Waals surface area contributed by atoms with E-state index >= 15 is 0 Å². The van der Waals surface area contributed by atoms with E-state index in [0.29, 0.717) is 6.54 Å². The number of nitrogens with one attached hydrogen (secondary N) is 1. The zero-order chi connectivity index (χ0) is 12.3. The molecule has 0 amide bonds. The molecule has 0 aromatic heterocycles. The van der Waals surface area contributed by atoms with Crippen molar-refractivity contribution < 1.29 is 10.2 Å². The highest BCUT2D eigenvalue weighted by atomic mass is 16.3. The van der Waals surface area contributed by atoms with Crippen molar-refractivity contribution in [1.29, 1.82) is 0 Å². The van der Waals surface area contributed by atoms with Crippen molar-refractivity contribution in [2.24, 2.45) is 0 Å². The monoisotopic (exact) mass is 220 g/mol. The standard InChI is InChI=1S/C8H20N2O.C3H8O/c1-8(11)7-9-5-4-6-10(2)3;1-3(2)4/h8-9,11H,4-7H2,1-3H3;3-4H,1-2H3. The molecule has 3 N–H and O–H groups in total. The summed E-state index contributed by atoms with van der Waals surface area (Å²) < 4.78 is 0. The number of hydrogen-bond donors (Lipinski definition) is 3. The van der Waals surface area contributed by atoms with Crippen LogP contribution in [0.15, 0.2) is 0 Å². The van der Waals surface area contributed by atoms with Crippen LogP contribution in [-0.2, 0) is 0 Å². The van der Waals surface area contributed by atoms with Gasteiger partial charge in [0.15, 0.2) is 0 Å². The van der Waals surface area contributed by atoms with E-state index in [0.717, 1.165) is 19.5 Å². The Morgan fingerprint density at radius 3 is 1.93 bits per heavy atom. The van der Waals surface area contributed by atoms with Gasteiger partial charge in [0.2, 0.25) is 0 Å². The number of nitrogens with zero attached hydrogens (tertiary/aromatic N) is 1. The topological polar surface area (TPSA) is 55.7 Å². The molecular weight excluding hydrogens is 192 g/mol. The third-order valence-electron chi connectivity index (χ3n) is 1.40. The highest BCUT2D eigenvalue weighted by molar-refractivity contribution is 4.53. The Bertz CT molecular complexity index is 104. The Morgan fingerprint density at radius 1 is 1.13 bits per heavy atom. The molecule has 15 heavy (non-hydrogen) atoms. The molecule has 0 heterocycles. The summed E-state index contributed by atoms with van der Waals surface area (Å²) in [7, 11) is 4.13. The Kier molecular flexibility index (Phi) is 13.7. The lowest BCUT2D eigenvalue weighted by molar-refractivity contribution is 0.191. The molecule has 0 aliphatic heterocycles. The van der Waals surface area contributed by atoms with Gasteiger partial charge in [-0.15, -0.1) is 0 Å². The van der Waals surface area contributed by atoms with Crippen LogP contribution >= 0.6 is 0 Å². The Balaban J connectivity index is 0. The lowest BCUT2D eigenvalue weighted by atomic mass is 10.3. The minimum atomic E-state index is -0.227. The van der Waals surface area contributed by atoms with Crippen LogP contribution in [0.5, 0.6) is 0 Å². The fourth-order valence-electron chi connectivity index (χ4n) is 0.831. The average Bonchev–Trinajstić information content (AvgIpc) is 2.01. The highest BCUT2D eigenvalue weighted by Gasteiger charge is 1.93. The molecule has 0 saturated carbocycles. The van der Waals surface area contributed by atoms with Gasteiger partial charge in [0.1, 0.15) is 0 Å². The SMILES string of the molecule is CC(C)O.CC(O)CNCCCN(C)C. The first-order chi connectivity index (χ1) is 6.86. The molecule has 1 atom stereocenters. The van der Waals surface area contributed by atoms with Crippen LogP contribution in [0.4, 0.5) is 0 Å². The number of rotatable bonds is 6. The lowest BCUT2D eigenvalue weighted by Gasteiger charge is -2.10. The van der Waals surface area contributed by atoms with Gasteiger partial charge >= 0.3 is 0 Å². The van der Waals surface area contributed by atoms with Gasteiger partial charge < -0.3 is 20.4 Å². The van der Waals surface area contributed by atoms with Gasteiger partial charge in [-0.3, -0.25) is 0 Å². The van der Waals surface area contributed by atoms with Gasteiger partial charge in [-0.2, -0.15) is 0 Å². The second-order valence-corrected chi connectivity index (χ2v) is 4.30. The van der Waals surface area contributed by atoms with Crippen molar-refractivity contribution in [3.8, 4) is 0 Å². The molecule has 0 aromatic carbocycles.